The van der Waals surface area contributed by atoms with Gasteiger partial charge in [-0.1, -0.05) is 0 Å². The Bertz CT molecular complexity index is 287. The van der Waals surface area contributed by atoms with Crippen molar-refractivity contribution in [2.24, 2.45) is 0 Å². The minimum Gasteiger partial charge on any atom is -0.761 e. The van der Waals surface area contributed by atoms with Crippen LogP contribution in [0.1, 0.15) is 0 Å². The van der Waals surface area contributed by atoms with Crippen molar-refractivity contribution in [3.05, 3.63) is 0 Å². The zero-order valence-corrected chi connectivity index (χ0v) is 16.5. The van der Waals surface area contributed by atoms with Gasteiger partial charge in [-0.25, -0.2) is 8.42 Å². The van der Waals surface area contributed by atoms with Gasteiger partial charge in [0.1, 0.15) is 0 Å². The first-order valence-electron chi connectivity index (χ1n) is 4.40. The third-order valence-electron chi connectivity index (χ3n) is 1.42. The molecule has 19 heavy (non-hydrogen) atoms. The molecule has 0 saturated carbocycles. The van der Waals surface area contributed by atoms with Crippen LogP contribution in [0.4, 0.5) is 0 Å². The summed E-state index contributed by atoms with van der Waals surface area (Å²) in [5, 5.41) is 25.5. The maximum Gasteiger partial charge on any atom is 1.00 e. The Morgan fingerprint density at radius 1 is 0.947 bits per heavy atom. The molecular formula is C6H15NNa2O8S2. The molecule has 9 nitrogen and oxygen atoms in total. The molecule has 1 atom stereocenters. The maximum absolute atomic E-state index is 9.16. The summed E-state index contributed by atoms with van der Waals surface area (Å²) in [6.45, 7) is 1.75. The van der Waals surface area contributed by atoms with Crippen LogP contribution in [0.5, 0.6) is 0 Å². The SMILES string of the molecule is O=S([O-])S(=O)(=O)[O-].OCCN(CCO)CCO.[Na+].[Na+]. The van der Waals surface area contributed by atoms with Gasteiger partial charge >= 0.3 is 59.1 Å². The summed E-state index contributed by atoms with van der Waals surface area (Å²) in [6.07, 6.45) is 0. The fourth-order valence-corrected chi connectivity index (χ4v) is 0.760. The van der Waals surface area contributed by atoms with Crippen LogP contribution in [0.2, 0.25) is 0 Å². The molecule has 0 spiro atoms. The van der Waals surface area contributed by atoms with Crippen molar-refractivity contribution in [1.82, 2.24) is 4.90 Å². The molecule has 0 rings (SSSR count). The zero-order valence-electron chi connectivity index (χ0n) is 10.9. The quantitative estimate of drug-likeness (QED) is 0.177. The molecular weight excluding hydrogens is 324 g/mol. The molecule has 0 aromatic heterocycles. The predicted octanol–water partition coefficient (Wildman–Crippen LogP) is -9.40. The van der Waals surface area contributed by atoms with Gasteiger partial charge in [0, 0.05) is 19.6 Å². The molecule has 0 aromatic rings. The average Bonchev–Trinajstić information content (AvgIpc) is 2.18. The Balaban J connectivity index is -0.000000112. The molecule has 13 heteroatoms. The van der Waals surface area contributed by atoms with Crippen LogP contribution in [0.25, 0.3) is 0 Å². The van der Waals surface area contributed by atoms with E-state index in [4.69, 9.17) is 37.1 Å². The van der Waals surface area contributed by atoms with Gasteiger partial charge in [-0.05, 0) is 0 Å². The van der Waals surface area contributed by atoms with Gasteiger partial charge in [-0.15, -0.1) is 0 Å². The second-order valence-corrected chi connectivity index (χ2v) is 5.89. The summed E-state index contributed by atoms with van der Waals surface area (Å²) in [7, 11) is -8.59. The molecule has 1 unspecified atom stereocenters. The third kappa shape index (κ3) is 22.3. The van der Waals surface area contributed by atoms with Crippen LogP contribution in [-0.2, 0) is 19.3 Å². The fraction of sp³-hybridized carbons (Fsp3) is 1.00. The molecule has 106 valence electrons. The van der Waals surface area contributed by atoms with Crippen LogP contribution in [0, 0.1) is 0 Å². The molecule has 3 N–H and O–H groups in total. The van der Waals surface area contributed by atoms with E-state index < -0.39 is 19.3 Å². The summed E-state index contributed by atoms with van der Waals surface area (Å²) < 4.78 is 45.7. The first-order valence-corrected chi connectivity index (χ1v) is 7.40. The van der Waals surface area contributed by atoms with E-state index in [1.807, 2.05) is 0 Å². The van der Waals surface area contributed by atoms with Gasteiger partial charge in [0.25, 0.3) is 0 Å². The Morgan fingerprint density at radius 3 is 1.26 bits per heavy atom. The summed E-state index contributed by atoms with van der Waals surface area (Å²) in [4.78, 5) is 1.79. The number of aliphatic hydroxyl groups excluding tert-OH is 3. The summed E-state index contributed by atoms with van der Waals surface area (Å²) in [5.74, 6) is 0. The second kappa shape index (κ2) is 17.9. The number of hydrogen-bond donors (Lipinski definition) is 3. The van der Waals surface area contributed by atoms with Crippen LogP contribution >= 0.6 is 0 Å². The molecule has 0 aliphatic carbocycles. The van der Waals surface area contributed by atoms with Gasteiger partial charge in [0.05, 0.1) is 29.9 Å². The number of aliphatic hydroxyl groups is 3. The Morgan fingerprint density at radius 2 is 1.16 bits per heavy atom. The molecule has 0 fully saturated rings. The van der Waals surface area contributed by atoms with E-state index in [-0.39, 0.29) is 78.9 Å². The van der Waals surface area contributed by atoms with Gasteiger partial charge in [-0.2, -0.15) is 0 Å². The van der Waals surface area contributed by atoms with E-state index >= 15 is 0 Å². The van der Waals surface area contributed by atoms with E-state index in [1.54, 1.807) is 4.90 Å². The van der Waals surface area contributed by atoms with Crippen LogP contribution < -0.4 is 59.1 Å². The predicted molar refractivity (Wildman–Crippen MR) is 56.3 cm³/mol. The Kier molecular flexibility index (Phi) is 27.3. The standard InChI is InChI=1S/C6H15NO3.2Na.H2O5S2/c8-4-1-7(2-5-9)3-6-10;;;1-6(2)7(3,4)5/h8-10H,1-6H2;;;(H,1,2)(H,3,4,5)/q;2*+1;/p-2. The fourth-order valence-electron chi connectivity index (χ4n) is 0.760. The van der Waals surface area contributed by atoms with Crippen molar-refractivity contribution in [3.63, 3.8) is 0 Å². The maximum atomic E-state index is 9.16. The minimum absolute atomic E-state index is 0. The van der Waals surface area contributed by atoms with Crippen molar-refractivity contribution in [3.8, 4) is 0 Å². The van der Waals surface area contributed by atoms with Gasteiger partial charge in [-0.3, -0.25) is 9.11 Å². The van der Waals surface area contributed by atoms with Crippen molar-refractivity contribution in [2.75, 3.05) is 39.5 Å². The number of hydrogen-bond acceptors (Lipinski definition) is 9. The molecule has 0 saturated heterocycles. The van der Waals surface area contributed by atoms with E-state index in [2.05, 4.69) is 0 Å². The van der Waals surface area contributed by atoms with Crippen molar-refractivity contribution < 1.29 is 96.2 Å². The number of nitrogens with zero attached hydrogens (tertiary/aromatic N) is 1. The van der Waals surface area contributed by atoms with E-state index in [9.17, 15) is 0 Å². The first-order chi connectivity index (χ1) is 7.79. The van der Waals surface area contributed by atoms with Crippen LogP contribution in [-0.4, -0.2) is 81.4 Å². The normalized spacial score (nSPS) is 11.7. The Labute approximate surface area is 158 Å². The molecule has 0 aliphatic heterocycles. The van der Waals surface area contributed by atoms with Crippen LogP contribution in [0.3, 0.4) is 0 Å². The smallest absolute Gasteiger partial charge is 0.761 e. The average molecular weight is 339 g/mol. The topological polar surface area (TPSA) is 161 Å². The molecule has 0 heterocycles. The van der Waals surface area contributed by atoms with Crippen molar-refractivity contribution in [2.45, 2.75) is 0 Å². The molecule has 0 aromatic carbocycles. The third-order valence-corrected chi connectivity index (χ3v) is 2.75. The molecule has 0 radical (unpaired) electrons. The monoisotopic (exact) mass is 339 g/mol. The molecule has 0 aliphatic rings. The van der Waals surface area contributed by atoms with Gasteiger partial charge in [0.2, 0.25) is 0 Å². The second-order valence-electron chi connectivity index (χ2n) is 2.62. The van der Waals surface area contributed by atoms with Crippen molar-refractivity contribution >= 4 is 19.3 Å². The van der Waals surface area contributed by atoms with E-state index in [1.165, 1.54) is 0 Å². The van der Waals surface area contributed by atoms with Crippen molar-refractivity contribution in [1.29, 1.82) is 0 Å². The summed E-state index contributed by atoms with van der Waals surface area (Å²) in [6, 6.07) is 0. The van der Waals surface area contributed by atoms with Gasteiger partial charge < -0.3 is 24.4 Å². The van der Waals surface area contributed by atoms with E-state index in [0.29, 0.717) is 19.6 Å². The zero-order chi connectivity index (χ0) is 13.9. The minimum atomic E-state index is -5.07. The Hall–Kier alpha value is 1.86. The summed E-state index contributed by atoms with van der Waals surface area (Å²) >= 11 is 0. The summed E-state index contributed by atoms with van der Waals surface area (Å²) in [5.41, 5.74) is 0. The first kappa shape index (κ1) is 28.9. The van der Waals surface area contributed by atoms with E-state index in [0.717, 1.165) is 0 Å². The number of rotatable bonds is 7. The molecule has 0 amide bonds. The van der Waals surface area contributed by atoms with Crippen LogP contribution in [0.15, 0.2) is 0 Å². The van der Waals surface area contributed by atoms with Gasteiger partial charge in [0.15, 0.2) is 9.15 Å². The molecule has 0 bridgehead atoms. The largest absolute Gasteiger partial charge is 1.00 e.